The summed E-state index contributed by atoms with van der Waals surface area (Å²) in [6, 6.07) is 1.71. The van der Waals surface area contributed by atoms with Gasteiger partial charge in [0, 0.05) is 32.3 Å². The molecule has 3 fully saturated rings. The summed E-state index contributed by atoms with van der Waals surface area (Å²) in [7, 11) is 3.73. The van der Waals surface area contributed by atoms with E-state index in [0.717, 1.165) is 25.7 Å². The van der Waals surface area contributed by atoms with E-state index in [-0.39, 0.29) is 11.5 Å². The highest BCUT2D eigenvalue weighted by molar-refractivity contribution is 5.77. The van der Waals surface area contributed by atoms with Gasteiger partial charge in [-0.25, -0.2) is 0 Å². The molecule has 108 valence electrons. The minimum Gasteiger partial charge on any atom is -0.378 e. The molecule has 1 aliphatic carbocycles. The molecule has 4 heteroatoms. The van der Waals surface area contributed by atoms with Crippen molar-refractivity contribution < 1.29 is 9.53 Å². The monoisotopic (exact) mass is 266 g/mol. The van der Waals surface area contributed by atoms with Crippen LogP contribution in [0.25, 0.3) is 0 Å². The van der Waals surface area contributed by atoms with E-state index in [1.54, 1.807) is 7.11 Å². The van der Waals surface area contributed by atoms with Gasteiger partial charge in [0.2, 0.25) is 5.91 Å². The van der Waals surface area contributed by atoms with E-state index in [1.807, 2.05) is 11.9 Å². The molecule has 19 heavy (non-hydrogen) atoms. The smallest absolute Gasteiger partial charge is 0.225 e. The number of rotatable bonds is 4. The van der Waals surface area contributed by atoms with E-state index in [2.05, 4.69) is 5.32 Å². The van der Waals surface area contributed by atoms with Gasteiger partial charge in [-0.3, -0.25) is 4.79 Å². The Balaban J connectivity index is 1.57. The fraction of sp³-hybridized carbons (Fsp3) is 0.933. The largest absolute Gasteiger partial charge is 0.378 e. The lowest BCUT2D eigenvalue weighted by Gasteiger charge is -2.42. The summed E-state index contributed by atoms with van der Waals surface area (Å²) in [6.45, 7) is 0. The summed E-state index contributed by atoms with van der Waals surface area (Å²) < 4.78 is 5.58. The second kappa shape index (κ2) is 5.06. The topological polar surface area (TPSA) is 41.6 Å². The second-order valence-electron chi connectivity index (χ2n) is 6.69. The van der Waals surface area contributed by atoms with Gasteiger partial charge in [0.25, 0.3) is 0 Å². The van der Waals surface area contributed by atoms with Gasteiger partial charge in [-0.15, -0.1) is 0 Å². The van der Waals surface area contributed by atoms with Crippen LogP contribution in [0.4, 0.5) is 0 Å². The van der Waals surface area contributed by atoms with Gasteiger partial charge in [0.15, 0.2) is 0 Å². The Morgan fingerprint density at radius 3 is 2.42 bits per heavy atom. The molecule has 2 heterocycles. The average Bonchev–Trinajstić information content (AvgIpc) is 2.71. The van der Waals surface area contributed by atoms with Crippen molar-refractivity contribution in [2.45, 2.75) is 75.1 Å². The number of nitrogens with one attached hydrogen (secondary N) is 1. The lowest BCUT2D eigenvalue weighted by molar-refractivity contribution is -0.145. The molecule has 1 N–H and O–H groups in total. The Morgan fingerprint density at radius 1 is 1.32 bits per heavy atom. The summed E-state index contributed by atoms with van der Waals surface area (Å²) in [5.74, 6) is 0.271. The maximum atomic E-state index is 12.5. The van der Waals surface area contributed by atoms with Crippen molar-refractivity contribution in [2.24, 2.45) is 0 Å². The molecule has 2 aliphatic heterocycles. The lowest BCUT2D eigenvalue weighted by Crippen LogP contribution is -2.51. The van der Waals surface area contributed by atoms with Gasteiger partial charge in [0.1, 0.15) is 0 Å². The molecule has 0 aromatic carbocycles. The first-order valence-corrected chi connectivity index (χ1v) is 7.69. The molecule has 2 unspecified atom stereocenters. The number of piperidine rings is 1. The molecule has 0 aromatic rings. The van der Waals surface area contributed by atoms with Gasteiger partial charge in [0.05, 0.1) is 12.0 Å². The minimum absolute atomic E-state index is 0.142. The fourth-order valence-corrected chi connectivity index (χ4v) is 3.97. The average molecular weight is 266 g/mol. The maximum absolute atomic E-state index is 12.5. The van der Waals surface area contributed by atoms with Crippen molar-refractivity contribution in [1.29, 1.82) is 0 Å². The molecule has 4 nitrogen and oxygen atoms in total. The standard InChI is InChI=1S/C15H26N2O2/c1-17(13-8-11-4-5-12(9-13)16-11)14(18)10-15(19-2)6-3-7-15/h11-13,16H,3-10H2,1-2H3. The van der Waals surface area contributed by atoms with Crippen LogP contribution in [0.3, 0.4) is 0 Å². The Hall–Kier alpha value is -0.610. The summed E-state index contributed by atoms with van der Waals surface area (Å²) in [6.07, 6.45) is 8.66. The van der Waals surface area contributed by atoms with E-state index < -0.39 is 0 Å². The molecular weight excluding hydrogens is 240 g/mol. The van der Waals surface area contributed by atoms with Crippen LogP contribution in [0.1, 0.15) is 51.4 Å². The predicted molar refractivity (Wildman–Crippen MR) is 73.9 cm³/mol. The Kier molecular flexibility index (Phi) is 3.56. The molecule has 2 bridgehead atoms. The van der Waals surface area contributed by atoms with Crippen molar-refractivity contribution >= 4 is 5.91 Å². The maximum Gasteiger partial charge on any atom is 0.225 e. The Labute approximate surface area is 115 Å². The van der Waals surface area contributed by atoms with Crippen LogP contribution in [0.2, 0.25) is 0 Å². The first-order valence-electron chi connectivity index (χ1n) is 7.69. The summed E-state index contributed by atoms with van der Waals surface area (Å²) in [5.41, 5.74) is -0.142. The number of hydrogen-bond donors (Lipinski definition) is 1. The third-order valence-electron chi connectivity index (χ3n) is 5.56. The molecule has 0 radical (unpaired) electrons. The zero-order valence-electron chi connectivity index (χ0n) is 12.2. The molecule has 0 spiro atoms. The Morgan fingerprint density at radius 2 is 1.95 bits per heavy atom. The van der Waals surface area contributed by atoms with Crippen molar-refractivity contribution in [3.05, 3.63) is 0 Å². The van der Waals surface area contributed by atoms with E-state index in [9.17, 15) is 4.79 Å². The summed E-state index contributed by atoms with van der Waals surface area (Å²) in [4.78, 5) is 14.5. The van der Waals surface area contributed by atoms with Gasteiger partial charge in [-0.1, -0.05) is 0 Å². The van der Waals surface area contributed by atoms with Crippen LogP contribution < -0.4 is 5.32 Å². The minimum atomic E-state index is -0.142. The molecular formula is C15H26N2O2. The zero-order valence-corrected chi connectivity index (χ0v) is 12.2. The SMILES string of the molecule is COC1(CC(=O)N(C)C2CC3CCC(C2)N3)CCC1. The number of fused-ring (bicyclic) bond motifs is 2. The van der Waals surface area contributed by atoms with E-state index in [4.69, 9.17) is 4.74 Å². The van der Waals surface area contributed by atoms with Gasteiger partial charge >= 0.3 is 0 Å². The van der Waals surface area contributed by atoms with Gasteiger partial charge in [-0.2, -0.15) is 0 Å². The van der Waals surface area contributed by atoms with Crippen LogP contribution in [-0.4, -0.2) is 48.7 Å². The molecule has 0 aromatic heterocycles. The first kappa shape index (κ1) is 13.4. The Bertz CT molecular complexity index is 337. The highest BCUT2D eigenvalue weighted by Gasteiger charge is 2.42. The summed E-state index contributed by atoms with van der Waals surface area (Å²) >= 11 is 0. The van der Waals surface area contributed by atoms with Crippen molar-refractivity contribution in [1.82, 2.24) is 10.2 Å². The van der Waals surface area contributed by atoms with Crippen LogP contribution in [0, 0.1) is 0 Å². The number of carbonyl (C=O) groups is 1. The summed E-state index contributed by atoms with van der Waals surface area (Å²) in [5, 5.41) is 3.63. The normalized spacial score (nSPS) is 35.8. The number of hydrogen-bond acceptors (Lipinski definition) is 3. The van der Waals surface area contributed by atoms with E-state index in [0.29, 0.717) is 24.5 Å². The highest BCUT2D eigenvalue weighted by Crippen LogP contribution is 2.39. The third kappa shape index (κ3) is 2.52. The highest BCUT2D eigenvalue weighted by atomic mass is 16.5. The van der Waals surface area contributed by atoms with Crippen molar-refractivity contribution in [3.63, 3.8) is 0 Å². The van der Waals surface area contributed by atoms with E-state index in [1.165, 1.54) is 19.3 Å². The number of methoxy groups -OCH3 is 1. The molecule has 3 aliphatic rings. The molecule has 2 atom stereocenters. The van der Waals surface area contributed by atoms with Crippen LogP contribution in [0.15, 0.2) is 0 Å². The molecule has 1 saturated carbocycles. The number of amides is 1. The molecule has 2 saturated heterocycles. The van der Waals surface area contributed by atoms with E-state index >= 15 is 0 Å². The lowest BCUT2D eigenvalue weighted by atomic mass is 9.77. The fourth-order valence-electron chi connectivity index (χ4n) is 3.97. The van der Waals surface area contributed by atoms with Crippen LogP contribution >= 0.6 is 0 Å². The van der Waals surface area contributed by atoms with Crippen LogP contribution in [0.5, 0.6) is 0 Å². The zero-order chi connectivity index (χ0) is 13.5. The third-order valence-corrected chi connectivity index (χ3v) is 5.56. The second-order valence-corrected chi connectivity index (χ2v) is 6.69. The quantitative estimate of drug-likeness (QED) is 0.842. The van der Waals surface area contributed by atoms with Crippen molar-refractivity contribution in [3.8, 4) is 0 Å². The molecule has 3 rings (SSSR count). The number of ether oxygens (including phenoxy) is 1. The predicted octanol–water partition coefficient (Wildman–Crippen LogP) is 1.69. The number of nitrogens with zero attached hydrogens (tertiary/aromatic N) is 1. The van der Waals surface area contributed by atoms with Gasteiger partial charge in [-0.05, 0) is 44.9 Å². The van der Waals surface area contributed by atoms with Gasteiger partial charge < -0.3 is 15.0 Å². The first-order chi connectivity index (χ1) is 9.12. The number of carbonyl (C=O) groups excluding carboxylic acids is 1. The van der Waals surface area contributed by atoms with Crippen molar-refractivity contribution in [2.75, 3.05) is 14.2 Å². The molecule has 1 amide bonds. The van der Waals surface area contributed by atoms with Crippen LogP contribution in [-0.2, 0) is 9.53 Å².